The summed E-state index contributed by atoms with van der Waals surface area (Å²) >= 11 is 0. The van der Waals surface area contributed by atoms with Gasteiger partial charge in [0.05, 0.1) is 0 Å². The molecule has 0 saturated carbocycles. The average molecular weight is 155 g/mol. The molecule has 0 nitrogen and oxygen atoms in total. The Morgan fingerprint density at radius 3 is 1.64 bits per heavy atom. The van der Waals surface area contributed by atoms with Crippen LogP contribution in [0.1, 0.15) is 41.0 Å². The predicted molar refractivity (Wildman–Crippen MR) is 52.3 cm³/mol. The first kappa shape index (κ1) is 11.0. The Labute approximate surface area is 72.4 Å². The van der Waals surface area contributed by atoms with Gasteiger partial charge in [-0.25, -0.2) is 0 Å². The molecule has 11 heavy (non-hydrogen) atoms. The van der Waals surface area contributed by atoms with E-state index in [0.717, 1.165) is 17.8 Å². The highest BCUT2D eigenvalue weighted by molar-refractivity contribution is 4.75. The van der Waals surface area contributed by atoms with Crippen LogP contribution >= 0.6 is 0 Å². The molecule has 0 aliphatic rings. The Bertz CT molecular complexity index is 84.2. The lowest BCUT2D eigenvalue weighted by Gasteiger charge is -2.30. The fraction of sp³-hybridized carbons (Fsp3) is 0.909. The van der Waals surface area contributed by atoms with Gasteiger partial charge in [0.25, 0.3) is 0 Å². The first-order chi connectivity index (χ1) is 5.00. The normalized spacial score (nSPS) is 15.0. The van der Waals surface area contributed by atoms with Crippen LogP contribution in [-0.4, -0.2) is 0 Å². The summed E-state index contributed by atoms with van der Waals surface area (Å²) in [5, 5.41) is 0. The maximum atomic E-state index is 4.13. The largest absolute Gasteiger partial charge is 0.0651 e. The first-order valence-corrected chi connectivity index (χ1v) is 4.83. The molecule has 0 bridgehead atoms. The smallest absolute Gasteiger partial charge is 0.0340 e. The molecule has 0 N–H and O–H groups in total. The molecule has 3 atom stereocenters. The fourth-order valence-electron chi connectivity index (χ4n) is 2.15. The summed E-state index contributed by atoms with van der Waals surface area (Å²) < 4.78 is 0. The maximum Gasteiger partial charge on any atom is -0.0340 e. The van der Waals surface area contributed by atoms with Crippen molar-refractivity contribution in [1.29, 1.82) is 0 Å². The third-order valence-corrected chi connectivity index (χ3v) is 2.73. The maximum absolute atomic E-state index is 4.13. The van der Waals surface area contributed by atoms with Crippen molar-refractivity contribution in [3.05, 3.63) is 6.92 Å². The van der Waals surface area contributed by atoms with Crippen molar-refractivity contribution >= 4 is 0 Å². The Morgan fingerprint density at radius 2 is 1.55 bits per heavy atom. The lowest BCUT2D eigenvalue weighted by molar-refractivity contribution is 0.210. The van der Waals surface area contributed by atoms with E-state index in [1.807, 2.05) is 0 Å². The molecule has 0 aromatic rings. The third-order valence-electron chi connectivity index (χ3n) is 2.73. The Morgan fingerprint density at radius 1 is 1.09 bits per heavy atom. The van der Waals surface area contributed by atoms with Gasteiger partial charge in [0, 0.05) is 0 Å². The van der Waals surface area contributed by atoms with Crippen molar-refractivity contribution in [2.75, 3.05) is 0 Å². The van der Waals surface area contributed by atoms with E-state index in [4.69, 9.17) is 0 Å². The van der Waals surface area contributed by atoms with E-state index < -0.39 is 0 Å². The van der Waals surface area contributed by atoms with E-state index >= 15 is 0 Å². The summed E-state index contributed by atoms with van der Waals surface area (Å²) in [5.74, 6) is 2.98. The molecule has 0 saturated heterocycles. The monoisotopic (exact) mass is 155 g/mol. The van der Waals surface area contributed by atoms with Crippen LogP contribution in [-0.2, 0) is 0 Å². The van der Waals surface area contributed by atoms with Crippen LogP contribution in [0.15, 0.2) is 0 Å². The summed E-state index contributed by atoms with van der Waals surface area (Å²) in [5.41, 5.74) is 0. The number of rotatable bonds is 4. The third kappa shape index (κ3) is 3.27. The van der Waals surface area contributed by atoms with Gasteiger partial charge in [-0.2, -0.15) is 0 Å². The topological polar surface area (TPSA) is 0 Å². The van der Waals surface area contributed by atoms with Crippen LogP contribution in [0.2, 0.25) is 0 Å². The van der Waals surface area contributed by atoms with E-state index in [0.29, 0.717) is 5.92 Å². The molecule has 0 heteroatoms. The van der Waals surface area contributed by atoms with Crippen molar-refractivity contribution in [2.24, 2.45) is 23.7 Å². The molecule has 0 spiro atoms. The summed E-state index contributed by atoms with van der Waals surface area (Å²) in [6.45, 7) is 15.6. The summed E-state index contributed by atoms with van der Waals surface area (Å²) in [4.78, 5) is 0. The summed E-state index contributed by atoms with van der Waals surface area (Å²) in [7, 11) is 0. The standard InChI is InChI=1S/C11H23/c1-7-10(6)11(8(2)3)9(4)5/h8-11H,2,7H2,1,3-6H3. The summed E-state index contributed by atoms with van der Waals surface area (Å²) in [6, 6.07) is 0. The molecule has 0 rings (SSSR count). The van der Waals surface area contributed by atoms with E-state index in [2.05, 4.69) is 41.5 Å². The van der Waals surface area contributed by atoms with Gasteiger partial charge in [-0.05, 0) is 23.7 Å². The Balaban J connectivity index is 4.09. The average Bonchev–Trinajstić information content (AvgIpc) is 1.85. The van der Waals surface area contributed by atoms with Gasteiger partial charge in [-0.1, -0.05) is 48.0 Å². The van der Waals surface area contributed by atoms with Crippen molar-refractivity contribution in [1.82, 2.24) is 0 Å². The van der Waals surface area contributed by atoms with Gasteiger partial charge in [0.2, 0.25) is 0 Å². The molecule has 0 aliphatic heterocycles. The van der Waals surface area contributed by atoms with Gasteiger partial charge >= 0.3 is 0 Å². The molecular weight excluding hydrogens is 132 g/mol. The molecule has 0 aliphatic carbocycles. The highest BCUT2D eigenvalue weighted by atomic mass is 14.3. The lowest BCUT2D eigenvalue weighted by Crippen LogP contribution is -2.23. The second kappa shape index (κ2) is 4.79. The molecule has 67 valence electrons. The van der Waals surface area contributed by atoms with Crippen LogP contribution in [0.4, 0.5) is 0 Å². The fourth-order valence-corrected chi connectivity index (χ4v) is 2.15. The lowest BCUT2D eigenvalue weighted by atomic mass is 9.76. The van der Waals surface area contributed by atoms with Crippen LogP contribution in [0.5, 0.6) is 0 Å². The van der Waals surface area contributed by atoms with Crippen LogP contribution < -0.4 is 0 Å². The molecule has 0 fully saturated rings. The zero-order valence-electron chi connectivity index (χ0n) is 8.72. The van der Waals surface area contributed by atoms with Crippen LogP contribution in [0.25, 0.3) is 0 Å². The van der Waals surface area contributed by atoms with Crippen molar-refractivity contribution in [2.45, 2.75) is 41.0 Å². The minimum Gasteiger partial charge on any atom is -0.0651 e. The molecule has 0 heterocycles. The zero-order chi connectivity index (χ0) is 9.02. The highest BCUT2D eigenvalue weighted by Crippen LogP contribution is 2.29. The molecule has 1 radical (unpaired) electrons. The van der Waals surface area contributed by atoms with Gasteiger partial charge in [0.15, 0.2) is 0 Å². The molecular formula is C11H23. The van der Waals surface area contributed by atoms with Crippen LogP contribution in [0.3, 0.4) is 0 Å². The predicted octanol–water partition coefficient (Wildman–Crippen LogP) is 3.77. The van der Waals surface area contributed by atoms with Crippen molar-refractivity contribution in [3.63, 3.8) is 0 Å². The number of hydrogen-bond donors (Lipinski definition) is 0. The van der Waals surface area contributed by atoms with Crippen molar-refractivity contribution in [3.8, 4) is 0 Å². The van der Waals surface area contributed by atoms with Gasteiger partial charge in [-0.3, -0.25) is 0 Å². The number of hydrogen-bond acceptors (Lipinski definition) is 0. The minimum absolute atomic E-state index is 0.588. The molecule has 0 aromatic carbocycles. The van der Waals surface area contributed by atoms with Gasteiger partial charge < -0.3 is 0 Å². The Hall–Kier alpha value is 0. The summed E-state index contributed by atoms with van der Waals surface area (Å²) in [6.07, 6.45) is 1.28. The molecule has 0 amide bonds. The molecule has 3 unspecified atom stereocenters. The van der Waals surface area contributed by atoms with Gasteiger partial charge in [0.1, 0.15) is 0 Å². The SMILES string of the molecule is [CH2]C(C)C(C(C)C)C(C)CC. The van der Waals surface area contributed by atoms with E-state index in [-0.39, 0.29) is 0 Å². The first-order valence-electron chi connectivity index (χ1n) is 4.83. The molecule has 0 aromatic heterocycles. The van der Waals surface area contributed by atoms with E-state index in [9.17, 15) is 0 Å². The highest BCUT2D eigenvalue weighted by Gasteiger charge is 2.22. The van der Waals surface area contributed by atoms with E-state index in [1.165, 1.54) is 6.42 Å². The Kier molecular flexibility index (Phi) is 4.79. The zero-order valence-corrected chi connectivity index (χ0v) is 8.72. The van der Waals surface area contributed by atoms with E-state index in [1.54, 1.807) is 0 Å². The van der Waals surface area contributed by atoms with Gasteiger partial charge in [-0.15, -0.1) is 0 Å². The second-order valence-corrected chi connectivity index (χ2v) is 4.18. The minimum atomic E-state index is 0.588. The second-order valence-electron chi connectivity index (χ2n) is 4.18. The quantitative estimate of drug-likeness (QED) is 0.579. The van der Waals surface area contributed by atoms with Crippen LogP contribution in [0, 0.1) is 30.6 Å². The van der Waals surface area contributed by atoms with Crippen molar-refractivity contribution < 1.29 is 0 Å².